The first-order chi connectivity index (χ1) is 8.90. The summed E-state index contributed by atoms with van der Waals surface area (Å²) in [5.41, 5.74) is 0.958. The lowest BCUT2D eigenvalue weighted by atomic mass is 10.1. The Morgan fingerprint density at radius 3 is 2.63 bits per heavy atom. The molecule has 0 fully saturated rings. The van der Waals surface area contributed by atoms with Gasteiger partial charge < -0.3 is 15.7 Å². The largest absolute Gasteiger partial charge is 0.480 e. The predicted molar refractivity (Wildman–Crippen MR) is 73.1 cm³/mol. The van der Waals surface area contributed by atoms with Crippen LogP contribution in [0.4, 0.5) is 0 Å². The standard InChI is InChI=1S/C13H17ClN2O3/c1-8(10-4-3-5-11(14)6-10)15-7-12(13(18)19)16-9(2)17/h3-6,8,12,15H,7H2,1-2H3,(H,16,17)(H,18,19). The number of rotatable bonds is 6. The maximum absolute atomic E-state index is 11.0. The number of carbonyl (C=O) groups excluding carboxylic acids is 1. The van der Waals surface area contributed by atoms with E-state index in [0.717, 1.165) is 5.56 Å². The van der Waals surface area contributed by atoms with Crippen molar-refractivity contribution in [1.29, 1.82) is 0 Å². The lowest BCUT2D eigenvalue weighted by Crippen LogP contribution is -2.46. The quantitative estimate of drug-likeness (QED) is 0.741. The maximum atomic E-state index is 11.0. The van der Waals surface area contributed by atoms with Gasteiger partial charge in [-0.05, 0) is 24.6 Å². The van der Waals surface area contributed by atoms with Crippen molar-refractivity contribution in [2.45, 2.75) is 25.9 Å². The molecule has 1 aromatic carbocycles. The summed E-state index contributed by atoms with van der Waals surface area (Å²) in [6.07, 6.45) is 0. The van der Waals surface area contributed by atoms with Gasteiger partial charge in [-0.25, -0.2) is 4.79 Å². The number of nitrogens with one attached hydrogen (secondary N) is 2. The lowest BCUT2D eigenvalue weighted by Gasteiger charge is -2.19. The van der Waals surface area contributed by atoms with Gasteiger partial charge in [-0.2, -0.15) is 0 Å². The molecule has 19 heavy (non-hydrogen) atoms. The van der Waals surface area contributed by atoms with Crippen molar-refractivity contribution in [1.82, 2.24) is 10.6 Å². The van der Waals surface area contributed by atoms with Gasteiger partial charge in [0, 0.05) is 24.5 Å². The third kappa shape index (κ3) is 5.28. The molecule has 0 radical (unpaired) electrons. The summed E-state index contributed by atoms with van der Waals surface area (Å²) in [6.45, 7) is 3.33. The number of amides is 1. The van der Waals surface area contributed by atoms with Crippen molar-refractivity contribution in [3.63, 3.8) is 0 Å². The van der Waals surface area contributed by atoms with Crippen molar-refractivity contribution in [3.8, 4) is 0 Å². The topological polar surface area (TPSA) is 78.4 Å². The van der Waals surface area contributed by atoms with E-state index in [1.165, 1.54) is 6.92 Å². The molecule has 0 aliphatic carbocycles. The summed E-state index contributed by atoms with van der Waals surface area (Å²) in [5.74, 6) is -1.44. The SMILES string of the molecule is CC(=O)NC(CNC(C)c1cccc(Cl)c1)C(=O)O. The number of halogens is 1. The molecule has 2 unspecified atom stereocenters. The van der Waals surface area contributed by atoms with Gasteiger partial charge in [-0.15, -0.1) is 0 Å². The summed E-state index contributed by atoms with van der Waals surface area (Å²) in [4.78, 5) is 21.9. The minimum atomic E-state index is -1.07. The zero-order chi connectivity index (χ0) is 14.4. The fourth-order valence-electron chi connectivity index (χ4n) is 1.63. The fourth-order valence-corrected chi connectivity index (χ4v) is 1.83. The van der Waals surface area contributed by atoms with Crippen LogP contribution in [0.15, 0.2) is 24.3 Å². The summed E-state index contributed by atoms with van der Waals surface area (Å²) in [5, 5.41) is 15.0. The van der Waals surface area contributed by atoms with Crippen LogP contribution >= 0.6 is 11.6 Å². The summed E-state index contributed by atoms with van der Waals surface area (Å²) in [6, 6.07) is 6.31. The highest BCUT2D eigenvalue weighted by molar-refractivity contribution is 6.30. The predicted octanol–water partition coefficient (Wildman–Crippen LogP) is 1.58. The van der Waals surface area contributed by atoms with E-state index >= 15 is 0 Å². The van der Waals surface area contributed by atoms with Gasteiger partial charge in [-0.3, -0.25) is 4.79 Å². The highest BCUT2D eigenvalue weighted by Gasteiger charge is 2.19. The van der Waals surface area contributed by atoms with Gasteiger partial charge >= 0.3 is 5.97 Å². The minimum absolute atomic E-state index is 0.0608. The molecule has 6 heteroatoms. The van der Waals surface area contributed by atoms with Crippen molar-refractivity contribution in [3.05, 3.63) is 34.9 Å². The van der Waals surface area contributed by atoms with Crippen molar-refractivity contribution < 1.29 is 14.7 Å². The Hall–Kier alpha value is -1.59. The summed E-state index contributed by atoms with van der Waals surface area (Å²) in [7, 11) is 0. The smallest absolute Gasteiger partial charge is 0.327 e. The summed E-state index contributed by atoms with van der Waals surface area (Å²) >= 11 is 5.89. The Morgan fingerprint density at radius 2 is 2.11 bits per heavy atom. The van der Waals surface area contributed by atoms with Crippen molar-refractivity contribution in [2.75, 3.05) is 6.54 Å². The van der Waals surface area contributed by atoms with E-state index in [1.807, 2.05) is 25.1 Å². The van der Waals surface area contributed by atoms with Gasteiger partial charge in [0.05, 0.1) is 0 Å². The van der Waals surface area contributed by atoms with Crippen LogP contribution in [0.2, 0.25) is 5.02 Å². The second kappa shape index (κ2) is 7.11. The van der Waals surface area contributed by atoms with Gasteiger partial charge in [-0.1, -0.05) is 23.7 Å². The monoisotopic (exact) mass is 284 g/mol. The molecule has 0 aliphatic heterocycles. The zero-order valence-electron chi connectivity index (χ0n) is 10.8. The molecule has 1 rings (SSSR count). The number of carbonyl (C=O) groups is 2. The molecule has 0 saturated heterocycles. The van der Waals surface area contributed by atoms with Crippen LogP contribution in [0.3, 0.4) is 0 Å². The molecule has 0 aliphatic rings. The van der Waals surface area contributed by atoms with E-state index < -0.39 is 12.0 Å². The van der Waals surface area contributed by atoms with Crippen LogP contribution in [0, 0.1) is 0 Å². The van der Waals surface area contributed by atoms with Crippen LogP contribution in [-0.2, 0) is 9.59 Å². The molecule has 0 spiro atoms. The Bertz CT molecular complexity index is 465. The maximum Gasteiger partial charge on any atom is 0.327 e. The molecule has 0 bridgehead atoms. The average Bonchev–Trinajstić information content (AvgIpc) is 2.33. The van der Waals surface area contributed by atoms with Gasteiger partial charge in [0.2, 0.25) is 5.91 Å². The van der Waals surface area contributed by atoms with E-state index in [9.17, 15) is 9.59 Å². The molecule has 3 N–H and O–H groups in total. The number of aliphatic carboxylic acids is 1. The molecule has 1 amide bonds. The number of carboxylic acid groups (broad SMARTS) is 1. The minimum Gasteiger partial charge on any atom is -0.480 e. The normalized spacial score (nSPS) is 13.6. The molecule has 2 atom stereocenters. The Balaban J connectivity index is 2.59. The first-order valence-electron chi connectivity index (χ1n) is 5.89. The number of benzene rings is 1. The highest BCUT2D eigenvalue weighted by atomic mass is 35.5. The number of hydrogen-bond donors (Lipinski definition) is 3. The van der Waals surface area contributed by atoms with Crippen LogP contribution in [0.25, 0.3) is 0 Å². The molecule has 104 valence electrons. The van der Waals surface area contributed by atoms with Crippen LogP contribution in [-0.4, -0.2) is 29.6 Å². The molecule has 1 aromatic rings. The second-order valence-corrected chi connectivity index (χ2v) is 4.71. The Kier molecular flexibility index (Phi) is 5.79. The summed E-state index contributed by atoms with van der Waals surface area (Å²) < 4.78 is 0. The number of hydrogen-bond acceptors (Lipinski definition) is 3. The van der Waals surface area contributed by atoms with Crippen molar-refractivity contribution >= 4 is 23.5 Å². The number of carboxylic acids is 1. The molecule has 5 nitrogen and oxygen atoms in total. The molecule has 0 saturated carbocycles. The second-order valence-electron chi connectivity index (χ2n) is 4.28. The van der Waals surface area contributed by atoms with Crippen LogP contribution < -0.4 is 10.6 Å². The average molecular weight is 285 g/mol. The van der Waals surface area contributed by atoms with E-state index in [1.54, 1.807) is 6.07 Å². The molecule has 0 aromatic heterocycles. The third-order valence-corrected chi connectivity index (χ3v) is 2.89. The van der Waals surface area contributed by atoms with Gasteiger partial charge in [0.25, 0.3) is 0 Å². The van der Waals surface area contributed by atoms with Crippen molar-refractivity contribution in [2.24, 2.45) is 0 Å². The Morgan fingerprint density at radius 1 is 1.42 bits per heavy atom. The van der Waals surface area contributed by atoms with Crippen LogP contribution in [0.5, 0.6) is 0 Å². The van der Waals surface area contributed by atoms with E-state index in [-0.39, 0.29) is 18.5 Å². The first kappa shape index (κ1) is 15.5. The molecule has 0 heterocycles. The zero-order valence-corrected chi connectivity index (χ0v) is 11.6. The fraction of sp³-hybridized carbons (Fsp3) is 0.385. The van der Waals surface area contributed by atoms with E-state index in [4.69, 9.17) is 16.7 Å². The molecular weight excluding hydrogens is 268 g/mol. The van der Waals surface area contributed by atoms with Gasteiger partial charge in [0.1, 0.15) is 6.04 Å². The first-order valence-corrected chi connectivity index (χ1v) is 6.26. The van der Waals surface area contributed by atoms with Gasteiger partial charge in [0.15, 0.2) is 0 Å². The third-order valence-electron chi connectivity index (χ3n) is 2.65. The van der Waals surface area contributed by atoms with E-state index in [2.05, 4.69) is 10.6 Å². The molecular formula is C13H17ClN2O3. The Labute approximate surface area is 117 Å². The van der Waals surface area contributed by atoms with E-state index in [0.29, 0.717) is 5.02 Å². The highest BCUT2D eigenvalue weighted by Crippen LogP contribution is 2.17. The lowest BCUT2D eigenvalue weighted by molar-refractivity contribution is -0.141. The van der Waals surface area contributed by atoms with Crippen LogP contribution in [0.1, 0.15) is 25.5 Å².